The van der Waals surface area contributed by atoms with Crippen molar-refractivity contribution in [3.8, 4) is 11.5 Å². The zero-order valence-electron chi connectivity index (χ0n) is 10.6. The second kappa shape index (κ2) is 4.42. The van der Waals surface area contributed by atoms with Gasteiger partial charge >= 0.3 is 0 Å². The molecule has 0 spiro atoms. The molecular formula is C14H18BrNO2. The third-order valence-electron chi connectivity index (χ3n) is 4.05. The van der Waals surface area contributed by atoms with Crippen LogP contribution in [0.3, 0.4) is 0 Å². The molecule has 0 atom stereocenters. The van der Waals surface area contributed by atoms with Crippen molar-refractivity contribution in [1.82, 2.24) is 0 Å². The molecule has 0 amide bonds. The summed E-state index contributed by atoms with van der Waals surface area (Å²) in [6.45, 7) is 4.13. The zero-order valence-corrected chi connectivity index (χ0v) is 12.2. The molecule has 0 aromatic heterocycles. The molecule has 0 saturated heterocycles. The Kier molecular flexibility index (Phi) is 3.02. The Bertz CT molecular complexity index is 483. The lowest BCUT2D eigenvalue weighted by Gasteiger charge is -2.26. The summed E-state index contributed by atoms with van der Waals surface area (Å²) in [5.41, 5.74) is 8.82. The van der Waals surface area contributed by atoms with Crippen LogP contribution in [0.4, 0.5) is 0 Å². The monoisotopic (exact) mass is 311 g/mol. The summed E-state index contributed by atoms with van der Waals surface area (Å²) in [5.74, 6) is 1.72. The SMILES string of the molecule is CCc1c(C2(CN)CC2)cc2c(c1Br)OCCO2. The fourth-order valence-corrected chi connectivity index (χ4v) is 3.54. The van der Waals surface area contributed by atoms with E-state index in [0.29, 0.717) is 19.8 Å². The van der Waals surface area contributed by atoms with Gasteiger partial charge in [0.2, 0.25) is 0 Å². The molecule has 1 fully saturated rings. The molecular weight excluding hydrogens is 294 g/mol. The highest BCUT2D eigenvalue weighted by molar-refractivity contribution is 9.10. The molecule has 1 aliphatic heterocycles. The lowest BCUT2D eigenvalue weighted by Crippen LogP contribution is -2.23. The van der Waals surface area contributed by atoms with Crippen LogP contribution < -0.4 is 15.2 Å². The number of fused-ring (bicyclic) bond motifs is 1. The minimum absolute atomic E-state index is 0.184. The Hall–Kier alpha value is -0.740. The van der Waals surface area contributed by atoms with Crippen LogP contribution in [-0.2, 0) is 11.8 Å². The van der Waals surface area contributed by atoms with Crippen LogP contribution in [0, 0.1) is 0 Å². The van der Waals surface area contributed by atoms with Crippen LogP contribution in [0.25, 0.3) is 0 Å². The van der Waals surface area contributed by atoms with Crippen molar-refractivity contribution >= 4 is 15.9 Å². The Morgan fingerprint density at radius 3 is 2.67 bits per heavy atom. The van der Waals surface area contributed by atoms with Gasteiger partial charge in [-0.15, -0.1) is 0 Å². The first-order valence-corrected chi connectivity index (χ1v) is 7.32. The predicted molar refractivity (Wildman–Crippen MR) is 74.5 cm³/mol. The van der Waals surface area contributed by atoms with Crippen molar-refractivity contribution in [1.29, 1.82) is 0 Å². The lowest BCUT2D eigenvalue weighted by molar-refractivity contribution is 0.170. The fraction of sp³-hybridized carbons (Fsp3) is 0.571. The molecule has 0 radical (unpaired) electrons. The van der Waals surface area contributed by atoms with Crippen molar-refractivity contribution in [3.05, 3.63) is 21.7 Å². The van der Waals surface area contributed by atoms with Gasteiger partial charge in [0.1, 0.15) is 13.2 Å². The summed E-state index contributed by atoms with van der Waals surface area (Å²) in [5, 5.41) is 0. The maximum Gasteiger partial charge on any atom is 0.175 e. The van der Waals surface area contributed by atoms with Gasteiger partial charge in [-0.25, -0.2) is 0 Å². The normalized spacial score (nSPS) is 19.7. The maximum atomic E-state index is 5.96. The van der Waals surface area contributed by atoms with Gasteiger partial charge in [0.15, 0.2) is 11.5 Å². The Labute approximate surface area is 116 Å². The van der Waals surface area contributed by atoms with E-state index in [1.807, 2.05) is 0 Å². The number of hydrogen-bond donors (Lipinski definition) is 1. The summed E-state index contributed by atoms with van der Waals surface area (Å²) < 4.78 is 12.5. The molecule has 1 heterocycles. The number of halogens is 1. The zero-order chi connectivity index (χ0) is 12.8. The lowest BCUT2D eigenvalue weighted by atomic mass is 9.89. The fourth-order valence-electron chi connectivity index (χ4n) is 2.74. The van der Waals surface area contributed by atoms with Crippen molar-refractivity contribution in [2.24, 2.45) is 5.73 Å². The van der Waals surface area contributed by atoms with Crippen LogP contribution in [-0.4, -0.2) is 19.8 Å². The van der Waals surface area contributed by atoms with Crippen molar-refractivity contribution in [2.75, 3.05) is 19.8 Å². The van der Waals surface area contributed by atoms with E-state index in [1.54, 1.807) is 0 Å². The average molecular weight is 312 g/mol. The van der Waals surface area contributed by atoms with E-state index in [9.17, 15) is 0 Å². The minimum Gasteiger partial charge on any atom is -0.486 e. The Morgan fingerprint density at radius 1 is 1.33 bits per heavy atom. The molecule has 3 rings (SSSR count). The number of nitrogens with two attached hydrogens (primary N) is 1. The number of rotatable bonds is 3. The van der Waals surface area contributed by atoms with E-state index in [0.717, 1.165) is 22.4 Å². The number of hydrogen-bond acceptors (Lipinski definition) is 3. The molecule has 1 aromatic carbocycles. The van der Waals surface area contributed by atoms with Crippen molar-refractivity contribution < 1.29 is 9.47 Å². The van der Waals surface area contributed by atoms with E-state index >= 15 is 0 Å². The summed E-state index contributed by atoms with van der Waals surface area (Å²) in [6.07, 6.45) is 3.35. The quantitative estimate of drug-likeness (QED) is 0.933. The molecule has 0 bridgehead atoms. The summed E-state index contributed by atoms with van der Waals surface area (Å²) in [4.78, 5) is 0. The molecule has 1 aromatic rings. The molecule has 18 heavy (non-hydrogen) atoms. The summed E-state index contributed by atoms with van der Waals surface area (Å²) >= 11 is 3.68. The summed E-state index contributed by atoms with van der Waals surface area (Å²) in [7, 11) is 0. The summed E-state index contributed by atoms with van der Waals surface area (Å²) in [6, 6.07) is 2.15. The van der Waals surface area contributed by atoms with Gasteiger partial charge < -0.3 is 15.2 Å². The van der Waals surface area contributed by atoms with Gasteiger partial charge in [0, 0.05) is 12.0 Å². The topological polar surface area (TPSA) is 44.5 Å². The largest absolute Gasteiger partial charge is 0.486 e. The van der Waals surface area contributed by atoms with Crippen LogP contribution in [0.1, 0.15) is 30.9 Å². The highest BCUT2D eigenvalue weighted by Gasteiger charge is 2.45. The van der Waals surface area contributed by atoms with Crippen LogP contribution >= 0.6 is 15.9 Å². The van der Waals surface area contributed by atoms with E-state index < -0.39 is 0 Å². The second-order valence-corrected chi connectivity index (χ2v) is 5.87. The predicted octanol–water partition coefficient (Wildman–Crippen LogP) is 2.77. The van der Waals surface area contributed by atoms with E-state index in [1.165, 1.54) is 24.0 Å². The first-order valence-electron chi connectivity index (χ1n) is 6.53. The molecule has 2 aliphatic rings. The van der Waals surface area contributed by atoms with Gasteiger partial charge in [0.25, 0.3) is 0 Å². The first kappa shape index (κ1) is 12.3. The molecule has 2 N–H and O–H groups in total. The van der Waals surface area contributed by atoms with Crippen molar-refractivity contribution in [2.45, 2.75) is 31.6 Å². The van der Waals surface area contributed by atoms with Gasteiger partial charge in [0.05, 0.1) is 4.47 Å². The average Bonchev–Trinajstić information content (AvgIpc) is 3.20. The standard InChI is InChI=1S/C14H18BrNO2/c1-2-9-10(14(8-16)3-4-14)7-11-13(12(9)15)18-6-5-17-11/h7H,2-6,8,16H2,1H3. The number of benzene rings is 1. The first-order chi connectivity index (χ1) is 8.72. The van der Waals surface area contributed by atoms with Crippen LogP contribution in [0.15, 0.2) is 10.5 Å². The van der Waals surface area contributed by atoms with Crippen molar-refractivity contribution in [3.63, 3.8) is 0 Å². The Morgan fingerprint density at radius 2 is 2.06 bits per heavy atom. The smallest absolute Gasteiger partial charge is 0.175 e. The highest BCUT2D eigenvalue weighted by atomic mass is 79.9. The molecule has 1 aliphatic carbocycles. The van der Waals surface area contributed by atoms with E-state index in [2.05, 4.69) is 28.9 Å². The van der Waals surface area contributed by atoms with E-state index in [-0.39, 0.29) is 5.41 Å². The minimum atomic E-state index is 0.184. The molecule has 3 nitrogen and oxygen atoms in total. The van der Waals surface area contributed by atoms with Gasteiger partial charge in [-0.1, -0.05) is 6.92 Å². The molecule has 4 heteroatoms. The van der Waals surface area contributed by atoms with Crippen LogP contribution in [0.5, 0.6) is 11.5 Å². The van der Waals surface area contributed by atoms with Crippen LogP contribution in [0.2, 0.25) is 0 Å². The maximum absolute atomic E-state index is 5.96. The van der Waals surface area contributed by atoms with Gasteiger partial charge in [-0.2, -0.15) is 0 Å². The van der Waals surface area contributed by atoms with Gasteiger partial charge in [-0.3, -0.25) is 0 Å². The molecule has 98 valence electrons. The second-order valence-electron chi connectivity index (χ2n) is 5.08. The number of ether oxygens (including phenoxy) is 2. The van der Waals surface area contributed by atoms with E-state index in [4.69, 9.17) is 15.2 Å². The highest BCUT2D eigenvalue weighted by Crippen LogP contribution is 2.53. The molecule has 0 unspecified atom stereocenters. The third kappa shape index (κ3) is 1.74. The van der Waals surface area contributed by atoms with Gasteiger partial charge in [-0.05, 0) is 52.4 Å². The molecule has 1 saturated carbocycles. The Balaban J connectivity index is 2.16. The third-order valence-corrected chi connectivity index (χ3v) is 4.88.